The summed E-state index contributed by atoms with van der Waals surface area (Å²) >= 11 is 0. The number of likely N-dealkylation sites (tertiary alicyclic amines) is 1. The summed E-state index contributed by atoms with van der Waals surface area (Å²) in [5.41, 5.74) is 5.93. The van der Waals surface area contributed by atoms with Gasteiger partial charge in [0.05, 0.1) is 0 Å². The lowest BCUT2D eigenvalue weighted by atomic mass is 9.78. The highest BCUT2D eigenvalue weighted by Crippen LogP contribution is 2.31. The molecular weight excluding hydrogens is 208 g/mol. The standard InChI is InChI=1S/C15H30N2/c1-12-7-8-17(10-13(12)2)11-15-6-4-3-5-14(15)9-16/h12-15H,3-11,16H2,1-2H3. The molecule has 0 aromatic heterocycles. The monoisotopic (exact) mass is 238 g/mol. The average Bonchev–Trinajstić information content (AvgIpc) is 2.34. The maximum atomic E-state index is 5.93. The van der Waals surface area contributed by atoms with Gasteiger partial charge in [0.25, 0.3) is 0 Å². The first-order valence-corrected chi connectivity index (χ1v) is 7.63. The second-order valence-electron chi connectivity index (χ2n) is 6.54. The summed E-state index contributed by atoms with van der Waals surface area (Å²) in [6.07, 6.45) is 7.03. The number of hydrogen-bond acceptors (Lipinski definition) is 2. The third-order valence-electron chi connectivity index (χ3n) is 5.28. The molecule has 0 amide bonds. The first-order chi connectivity index (χ1) is 8.20. The zero-order valence-corrected chi connectivity index (χ0v) is 11.7. The van der Waals surface area contributed by atoms with Crippen molar-refractivity contribution in [2.24, 2.45) is 29.4 Å². The summed E-state index contributed by atoms with van der Waals surface area (Å²) in [4.78, 5) is 2.71. The van der Waals surface area contributed by atoms with Gasteiger partial charge in [-0.05, 0) is 56.0 Å². The van der Waals surface area contributed by atoms with Crippen LogP contribution in [-0.2, 0) is 0 Å². The van der Waals surface area contributed by atoms with Gasteiger partial charge < -0.3 is 10.6 Å². The van der Waals surface area contributed by atoms with Gasteiger partial charge in [-0.2, -0.15) is 0 Å². The van der Waals surface area contributed by atoms with Gasteiger partial charge in [0.2, 0.25) is 0 Å². The van der Waals surface area contributed by atoms with Crippen molar-refractivity contribution in [2.45, 2.75) is 46.0 Å². The lowest BCUT2D eigenvalue weighted by Crippen LogP contribution is -2.43. The van der Waals surface area contributed by atoms with Crippen LogP contribution in [0.2, 0.25) is 0 Å². The number of rotatable bonds is 3. The molecule has 1 saturated heterocycles. The van der Waals surface area contributed by atoms with E-state index in [2.05, 4.69) is 18.7 Å². The molecule has 1 aliphatic carbocycles. The van der Waals surface area contributed by atoms with E-state index in [9.17, 15) is 0 Å². The number of nitrogens with two attached hydrogens (primary N) is 1. The summed E-state index contributed by atoms with van der Waals surface area (Å²) in [6.45, 7) is 9.68. The van der Waals surface area contributed by atoms with Crippen LogP contribution >= 0.6 is 0 Å². The predicted octanol–water partition coefficient (Wildman–Crippen LogP) is 2.73. The molecule has 2 heteroatoms. The Balaban J connectivity index is 1.83. The van der Waals surface area contributed by atoms with Crippen LogP contribution in [0.3, 0.4) is 0 Å². The molecule has 2 nitrogen and oxygen atoms in total. The van der Waals surface area contributed by atoms with E-state index >= 15 is 0 Å². The minimum atomic E-state index is 0.804. The van der Waals surface area contributed by atoms with Crippen molar-refractivity contribution in [1.82, 2.24) is 4.90 Å². The quantitative estimate of drug-likeness (QED) is 0.819. The van der Waals surface area contributed by atoms with Crippen molar-refractivity contribution in [1.29, 1.82) is 0 Å². The zero-order chi connectivity index (χ0) is 12.3. The van der Waals surface area contributed by atoms with Crippen molar-refractivity contribution < 1.29 is 0 Å². The molecule has 0 aromatic rings. The molecule has 0 aromatic carbocycles. The fourth-order valence-corrected chi connectivity index (χ4v) is 3.68. The molecule has 100 valence electrons. The molecule has 1 aliphatic heterocycles. The first kappa shape index (κ1) is 13.4. The Morgan fingerprint density at radius 2 is 1.71 bits per heavy atom. The van der Waals surface area contributed by atoms with Gasteiger partial charge in [-0.1, -0.05) is 26.7 Å². The summed E-state index contributed by atoms with van der Waals surface area (Å²) in [7, 11) is 0. The molecular formula is C15H30N2. The molecule has 2 aliphatic rings. The van der Waals surface area contributed by atoms with Crippen LogP contribution in [0.4, 0.5) is 0 Å². The number of nitrogens with zero attached hydrogens (tertiary/aromatic N) is 1. The maximum Gasteiger partial charge on any atom is 0.00129 e. The molecule has 1 heterocycles. The number of piperidine rings is 1. The van der Waals surface area contributed by atoms with Crippen molar-refractivity contribution in [2.75, 3.05) is 26.2 Å². The van der Waals surface area contributed by atoms with E-state index in [1.165, 1.54) is 51.7 Å². The molecule has 4 unspecified atom stereocenters. The Bertz CT molecular complexity index is 229. The minimum Gasteiger partial charge on any atom is -0.330 e. The van der Waals surface area contributed by atoms with Crippen LogP contribution in [-0.4, -0.2) is 31.1 Å². The zero-order valence-electron chi connectivity index (χ0n) is 11.7. The van der Waals surface area contributed by atoms with Gasteiger partial charge in [0.1, 0.15) is 0 Å². The summed E-state index contributed by atoms with van der Waals surface area (Å²) in [5.74, 6) is 3.49. The molecule has 2 fully saturated rings. The topological polar surface area (TPSA) is 29.3 Å². The highest BCUT2D eigenvalue weighted by atomic mass is 15.1. The third-order valence-corrected chi connectivity index (χ3v) is 5.28. The fourth-order valence-electron chi connectivity index (χ4n) is 3.68. The van der Waals surface area contributed by atoms with Crippen LogP contribution in [0.15, 0.2) is 0 Å². The molecule has 2 rings (SSSR count). The molecule has 17 heavy (non-hydrogen) atoms. The van der Waals surface area contributed by atoms with Crippen LogP contribution < -0.4 is 5.73 Å². The van der Waals surface area contributed by atoms with E-state index in [4.69, 9.17) is 5.73 Å². The van der Waals surface area contributed by atoms with Crippen molar-refractivity contribution in [3.05, 3.63) is 0 Å². The van der Waals surface area contributed by atoms with E-state index in [1.54, 1.807) is 0 Å². The molecule has 0 radical (unpaired) electrons. The highest BCUT2D eigenvalue weighted by molar-refractivity contribution is 4.82. The summed E-state index contributed by atoms with van der Waals surface area (Å²) < 4.78 is 0. The molecule has 2 N–H and O–H groups in total. The van der Waals surface area contributed by atoms with Crippen molar-refractivity contribution in [3.63, 3.8) is 0 Å². The highest BCUT2D eigenvalue weighted by Gasteiger charge is 2.29. The van der Waals surface area contributed by atoms with Gasteiger partial charge in [-0.25, -0.2) is 0 Å². The Morgan fingerprint density at radius 1 is 1.00 bits per heavy atom. The molecule has 1 saturated carbocycles. The van der Waals surface area contributed by atoms with E-state index < -0.39 is 0 Å². The average molecular weight is 238 g/mol. The maximum absolute atomic E-state index is 5.93. The van der Waals surface area contributed by atoms with Crippen LogP contribution in [0.1, 0.15) is 46.0 Å². The lowest BCUT2D eigenvalue weighted by Gasteiger charge is -2.40. The van der Waals surface area contributed by atoms with E-state index in [-0.39, 0.29) is 0 Å². The van der Waals surface area contributed by atoms with E-state index in [0.717, 1.165) is 30.2 Å². The first-order valence-electron chi connectivity index (χ1n) is 7.63. The van der Waals surface area contributed by atoms with Crippen LogP contribution in [0.25, 0.3) is 0 Å². The third kappa shape index (κ3) is 3.45. The minimum absolute atomic E-state index is 0.804. The van der Waals surface area contributed by atoms with Gasteiger partial charge in [-0.3, -0.25) is 0 Å². The summed E-state index contributed by atoms with van der Waals surface area (Å²) in [5, 5.41) is 0. The Kier molecular flexibility index (Phi) is 4.87. The van der Waals surface area contributed by atoms with E-state index in [0.29, 0.717) is 0 Å². The SMILES string of the molecule is CC1CCN(CC2CCCCC2CN)CC1C. The largest absolute Gasteiger partial charge is 0.330 e. The lowest BCUT2D eigenvalue weighted by molar-refractivity contribution is 0.0926. The molecule has 4 atom stereocenters. The van der Waals surface area contributed by atoms with Gasteiger partial charge >= 0.3 is 0 Å². The van der Waals surface area contributed by atoms with Crippen molar-refractivity contribution >= 4 is 0 Å². The Labute approximate surface area is 107 Å². The summed E-state index contributed by atoms with van der Waals surface area (Å²) in [6, 6.07) is 0. The normalized spacial score (nSPS) is 40.4. The van der Waals surface area contributed by atoms with E-state index in [1.807, 2.05) is 0 Å². The van der Waals surface area contributed by atoms with Gasteiger partial charge in [-0.15, -0.1) is 0 Å². The fraction of sp³-hybridized carbons (Fsp3) is 1.00. The number of hydrogen-bond donors (Lipinski definition) is 1. The van der Waals surface area contributed by atoms with Gasteiger partial charge in [0.15, 0.2) is 0 Å². The smallest absolute Gasteiger partial charge is 0.00129 e. The van der Waals surface area contributed by atoms with Crippen LogP contribution in [0.5, 0.6) is 0 Å². The Hall–Kier alpha value is -0.0800. The molecule has 0 bridgehead atoms. The van der Waals surface area contributed by atoms with Gasteiger partial charge in [0, 0.05) is 13.1 Å². The Morgan fingerprint density at radius 3 is 2.35 bits per heavy atom. The second kappa shape index (κ2) is 6.19. The van der Waals surface area contributed by atoms with Crippen molar-refractivity contribution in [3.8, 4) is 0 Å². The second-order valence-corrected chi connectivity index (χ2v) is 6.54. The molecule has 0 spiro atoms. The predicted molar refractivity (Wildman–Crippen MR) is 73.9 cm³/mol. The van der Waals surface area contributed by atoms with Crippen LogP contribution in [0, 0.1) is 23.7 Å².